The minimum absolute atomic E-state index is 0.0277. The highest BCUT2D eigenvalue weighted by atomic mass is 16.6. The van der Waals surface area contributed by atoms with Crippen molar-refractivity contribution < 1.29 is 9.53 Å². The van der Waals surface area contributed by atoms with Crippen molar-refractivity contribution in [2.75, 3.05) is 6.61 Å². The van der Waals surface area contributed by atoms with Crippen molar-refractivity contribution in [3.63, 3.8) is 0 Å². The monoisotopic (exact) mass is 205 g/mol. The zero-order chi connectivity index (χ0) is 10.9. The molecule has 1 fully saturated rings. The van der Waals surface area contributed by atoms with Gasteiger partial charge in [-0.05, 0) is 5.56 Å². The largest absolute Gasteiger partial charge is 0.449 e. The van der Waals surface area contributed by atoms with Gasteiger partial charge in [-0.1, -0.05) is 44.2 Å². The van der Waals surface area contributed by atoms with Crippen LogP contribution in [0.25, 0.3) is 0 Å². The van der Waals surface area contributed by atoms with Crippen molar-refractivity contribution >= 4 is 6.09 Å². The first-order valence-electron chi connectivity index (χ1n) is 5.08. The number of cyclic esters (lactones) is 1. The van der Waals surface area contributed by atoms with Gasteiger partial charge in [0, 0.05) is 5.41 Å². The molecule has 0 aliphatic carbocycles. The fraction of sp³-hybridized carbons (Fsp3) is 0.417. The third kappa shape index (κ3) is 1.96. The number of alkyl carbamates (subject to hydrolysis) is 1. The summed E-state index contributed by atoms with van der Waals surface area (Å²) in [6.07, 6.45) is -0.330. The molecule has 2 rings (SSSR count). The second kappa shape index (κ2) is 3.57. The van der Waals surface area contributed by atoms with E-state index in [1.807, 2.05) is 30.3 Å². The Kier molecular flexibility index (Phi) is 2.39. The third-order valence-corrected chi connectivity index (χ3v) is 2.75. The van der Waals surface area contributed by atoms with E-state index in [1.165, 1.54) is 0 Å². The zero-order valence-corrected chi connectivity index (χ0v) is 8.99. The molecule has 1 atom stereocenters. The third-order valence-electron chi connectivity index (χ3n) is 2.75. The predicted molar refractivity (Wildman–Crippen MR) is 57.4 cm³/mol. The molecule has 3 heteroatoms. The normalized spacial score (nSPS) is 24.1. The minimum Gasteiger partial charge on any atom is -0.449 e. The lowest BCUT2D eigenvalue weighted by Crippen LogP contribution is -2.46. The zero-order valence-electron chi connectivity index (χ0n) is 8.99. The molecular formula is C12H15NO2. The van der Waals surface area contributed by atoms with E-state index in [-0.39, 0.29) is 17.6 Å². The molecule has 1 aromatic rings. The number of amides is 1. The molecule has 0 radical (unpaired) electrons. The highest BCUT2D eigenvalue weighted by molar-refractivity contribution is 5.69. The van der Waals surface area contributed by atoms with E-state index in [0.29, 0.717) is 6.61 Å². The van der Waals surface area contributed by atoms with Gasteiger partial charge in [0.05, 0.1) is 6.04 Å². The molecule has 1 N–H and O–H groups in total. The standard InChI is InChI=1S/C12H15NO2/c1-12(2)8-15-11(14)13-10(12)9-6-4-3-5-7-9/h3-7,10H,8H2,1-2H3,(H,13,14)/t10-/m1/s1. The van der Waals surface area contributed by atoms with Gasteiger partial charge in [-0.3, -0.25) is 0 Å². The maximum Gasteiger partial charge on any atom is 0.407 e. The Balaban J connectivity index is 2.29. The van der Waals surface area contributed by atoms with Crippen LogP contribution in [0.15, 0.2) is 30.3 Å². The molecule has 1 aliphatic rings. The Morgan fingerprint density at radius 3 is 2.67 bits per heavy atom. The summed E-state index contributed by atoms with van der Waals surface area (Å²) in [7, 11) is 0. The Bertz CT molecular complexity index is 359. The van der Waals surface area contributed by atoms with Gasteiger partial charge in [0.25, 0.3) is 0 Å². The van der Waals surface area contributed by atoms with Crippen LogP contribution in [0.2, 0.25) is 0 Å². The molecule has 0 spiro atoms. The lowest BCUT2D eigenvalue weighted by atomic mass is 9.80. The van der Waals surface area contributed by atoms with Gasteiger partial charge in [0.15, 0.2) is 0 Å². The van der Waals surface area contributed by atoms with Crippen LogP contribution in [0.4, 0.5) is 4.79 Å². The highest BCUT2D eigenvalue weighted by Crippen LogP contribution is 2.35. The summed E-state index contributed by atoms with van der Waals surface area (Å²) in [6, 6.07) is 10.0. The van der Waals surface area contributed by atoms with E-state index in [4.69, 9.17) is 4.74 Å². The summed E-state index contributed by atoms with van der Waals surface area (Å²) in [5, 5.41) is 2.86. The number of hydrogen-bond acceptors (Lipinski definition) is 2. The summed E-state index contributed by atoms with van der Waals surface area (Å²) in [4.78, 5) is 11.2. The van der Waals surface area contributed by atoms with E-state index >= 15 is 0 Å². The molecule has 3 nitrogen and oxygen atoms in total. The highest BCUT2D eigenvalue weighted by Gasteiger charge is 2.37. The van der Waals surface area contributed by atoms with Crippen molar-refractivity contribution in [2.45, 2.75) is 19.9 Å². The minimum atomic E-state index is -0.330. The summed E-state index contributed by atoms with van der Waals surface area (Å²) in [5.41, 5.74) is 1.05. The lowest BCUT2D eigenvalue weighted by Gasteiger charge is -2.38. The fourth-order valence-electron chi connectivity index (χ4n) is 1.87. The Morgan fingerprint density at radius 1 is 1.33 bits per heavy atom. The van der Waals surface area contributed by atoms with Gasteiger partial charge in [0.2, 0.25) is 0 Å². The maximum atomic E-state index is 11.2. The molecular weight excluding hydrogens is 190 g/mol. The van der Waals surface area contributed by atoms with Gasteiger partial charge in [-0.25, -0.2) is 4.79 Å². The van der Waals surface area contributed by atoms with Crippen LogP contribution < -0.4 is 5.32 Å². The number of rotatable bonds is 1. The first-order chi connectivity index (χ1) is 7.09. The molecule has 1 aliphatic heterocycles. The number of hydrogen-bond donors (Lipinski definition) is 1. The van der Waals surface area contributed by atoms with Crippen LogP contribution in [0.1, 0.15) is 25.5 Å². The van der Waals surface area contributed by atoms with Gasteiger partial charge >= 0.3 is 6.09 Å². The smallest absolute Gasteiger partial charge is 0.407 e. The first kappa shape index (κ1) is 10.0. The number of benzene rings is 1. The van der Waals surface area contributed by atoms with Crippen LogP contribution >= 0.6 is 0 Å². The van der Waals surface area contributed by atoms with Crippen LogP contribution in [0, 0.1) is 5.41 Å². The molecule has 1 heterocycles. The topological polar surface area (TPSA) is 38.3 Å². The second-order valence-electron chi connectivity index (χ2n) is 4.55. The van der Waals surface area contributed by atoms with Gasteiger partial charge < -0.3 is 10.1 Å². The van der Waals surface area contributed by atoms with E-state index in [9.17, 15) is 4.79 Å². The molecule has 0 saturated carbocycles. The molecule has 80 valence electrons. The van der Waals surface area contributed by atoms with Crippen molar-refractivity contribution in [3.8, 4) is 0 Å². The molecule has 0 aromatic heterocycles. The van der Waals surface area contributed by atoms with E-state index in [1.54, 1.807) is 0 Å². The first-order valence-corrected chi connectivity index (χ1v) is 5.08. The lowest BCUT2D eigenvalue weighted by molar-refractivity contribution is 0.0387. The van der Waals surface area contributed by atoms with Gasteiger partial charge in [-0.15, -0.1) is 0 Å². The van der Waals surface area contributed by atoms with Crippen LogP contribution in [-0.4, -0.2) is 12.7 Å². The molecule has 15 heavy (non-hydrogen) atoms. The summed E-state index contributed by atoms with van der Waals surface area (Å²) in [5.74, 6) is 0. The summed E-state index contributed by atoms with van der Waals surface area (Å²) >= 11 is 0. The maximum absolute atomic E-state index is 11.2. The van der Waals surface area contributed by atoms with Crippen LogP contribution in [-0.2, 0) is 4.74 Å². The summed E-state index contributed by atoms with van der Waals surface area (Å²) < 4.78 is 4.99. The average molecular weight is 205 g/mol. The molecule has 0 unspecified atom stereocenters. The van der Waals surface area contributed by atoms with Gasteiger partial charge in [-0.2, -0.15) is 0 Å². The Hall–Kier alpha value is -1.51. The molecule has 1 amide bonds. The fourth-order valence-corrected chi connectivity index (χ4v) is 1.87. The van der Waals surface area contributed by atoms with Crippen LogP contribution in [0.3, 0.4) is 0 Å². The predicted octanol–water partition coefficient (Wildman–Crippen LogP) is 2.49. The van der Waals surface area contributed by atoms with E-state index in [0.717, 1.165) is 5.56 Å². The van der Waals surface area contributed by atoms with E-state index in [2.05, 4.69) is 19.2 Å². The van der Waals surface area contributed by atoms with Crippen LogP contribution in [0.5, 0.6) is 0 Å². The quantitative estimate of drug-likeness (QED) is 0.765. The second-order valence-corrected chi connectivity index (χ2v) is 4.55. The Morgan fingerprint density at radius 2 is 2.00 bits per heavy atom. The molecule has 1 aromatic carbocycles. The average Bonchev–Trinajstić information content (AvgIpc) is 2.23. The van der Waals surface area contributed by atoms with Crippen molar-refractivity contribution in [2.24, 2.45) is 5.41 Å². The number of carbonyl (C=O) groups is 1. The number of nitrogens with one attached hydrogen (secondary N) is 1. The number of ether oxygens (including phenoxy) is 1. The Labute approximate surface area is 89.4 Å². The van der Waals surface area contributed by atoms with Crippen molar-refractivity contribution in [1.29, 1.82) is 0 Å². The van der Waals surface area contributed by atoms with E-state index < -0.39 is 0 Å². The molecule has 1 saturated heterocycles. The molecule has 0 bridgehead atoms. The van der Waals surface area contributed by atoms with Gasteiger partial charge in [0.1, 0.15) is 6.61 Å². The van der Waals surface area contributed by atoms with Crippen molar-refractivity contribution in [3.05, 3.63) is 35.9 Å². The van der Waals surface area contributed by atoms with Crippen molar-refractivity contribution in [1.82, 2.24) is 5.32 Å². The number of carbonyl (C=O) groups excluding carboxylic acids is 1. The SMILES string of the molecule is CC1(C)COC(=O)N[C@@H]1c1ccccc1. The summed E-state index contributed by atoms with van der Waals surface area (Å²) in [6.45, 7) is 4.63.